The van der Waals surface area contributed by atoms with Crippen LogP contribution in [0.15, 0.2) is 66.7 Å². The number of carbonyl (C=O) groups is 2. The molecule has 8 nitrogen and oxygen atoms in total. The van der Waals surface area contributed by atoms with Gasteiger partial charge < -0.3 is 19.3 Å². The van der Waals surface area contributed by atoms with Gasteiger partial charge in [0.2, 0.25) is 5.91 Å². The number of β-lactam (4-membered cyclic amide) rings is 1. The fourth-order valence-electron chi connectivity index (χ4n) is 5.81. The van der Waals surface area contributed by atoms with Gasteiger partial charge in [0.25, 0.3) is 5.91 Å². The van der Waals surface area contributed by atoms with Crippen LogP contribution in [0.1, 0.15) is 41.2 Å². The lowest BCUT2D eigenvalue weighted by Crippen LogP contribution is -2.67. The number of nitrogens with zero attached hydrogens (tertiary/aromatic N) is 2. The number of carbonyl (C=O) groups excluding carboxylic acids is 2. The Balaban J connectivity index is 1.24. The van der Waals surface area contributed by atoms with Crippen molar-refractivity contribution in [2.24, 2.45) is 5.41 Å². The monoisotopic (exact) mass is 533 g/mol. The molecule has 0 radical (unpaired) electrons. The van der Waals surface area contributed by atoms with Gasteiger partial charge in [-0.2, -0.15) is 0 Å². The minimum atomic E-state index is -0.608. The second-order valence-electron chi connectivity index (χ2n) is 9.95. The molecule has 3 heterocycles. The quantitative estimate of drug-likeness (QED) is 0.349. The third-order valence-corrected chi connectivity index (χ3v) is 8.08. The van der Waals surface area contributed by atoms with E-state index in [1.165, 1.54) is 0 Å². The standard InChI is InChI=1S/C29H28ClN3O5/c30-21-5-2-19(3-6-21)26-29(28(35)33(26)23-9-7-22(31-36)8-10-23)12-14-32(15-13-29)27(34)20-4-11-24-25(18-20)38-17-1-16-37-24/h2-11,18,26,31,36H,1,12-17H2. The molecule has 196 valence electrons. The number of anilines is 2. The number of benzene rings is 3. The molecular formula is C29H28ClN3O5. The van der Waals surface area contributed by atoms with E-state index in [9.17, 15) is 14.8 Å². The molecule has 3 aliphatic heterocycles. The molecule has 0 bridgehead atoms. The summed E-state index contributed by atoms with van der Waals surface area (Å²) < 4.78 is 11.5. The molecule has 1 spiro atoms. The largest absolute Gasteiger partial charge is 0.490 e. The number of fused-ring (bicyclic) bond motifs is 1. The van der Waals surface area contributed by atoms with Crippen molar-refractivity contribution >= 4 is 34.8 Å². The summed E-state index contributed by atoms with van der Waals surface area (Å²) in [5, 5.41) is 9.81. The highest BCUT2D eigenvalue weighted by atomic mass is 35.5. The summed E-state index contributed by atoms with van der Waals surface area (Å²) in [6.07, 6.45) is 1.92. The molecule has 0 aromatic heterocycles. The first-order chi connectivity index (χ1) is 18.5. The minimum absolute atomic E-state index is 0.0461. The topological polar surface area (TPSA) is 91.3 Å². The lowest BCUT2D eigenvalue weighted by Gasteiger charge is -2.59. The number of piperidine rings is 1. The van der Waals surface area contributed by atoms with Crippen LogP contribution >= 0.6 is 11.6 Å². The summed E-state index contributed by atoms with van der Waals surface area (Å²) in [7, 11) is 0. The summed E-state index contributed by atoms with van der Waals surface area (Å²) in [6.45, 7) is 2.10. The molecule has 2 fully saturated rings. The van der Waals surface area contributed by atoms with E-state index in [1.807, 2.05) is 46.2 Å². The Labute approximate surface area is 225 Å². The highest BCUT2D eigenvalue weighted by Crippen LogP contribution is 2.57. The lowest BCUT2D eigenvalue weighted by atomic mass is 9.62. The summed E-state index contributed by atoms with van der Waals surface area (Å²) in [5.41, 5.74) is 4.37. The first-order valence-electron chi connectivity index (χ1n) is 12.8. The number of likely N-dealkylation sites (tertiary alicyclic amines) is 1. The normalized spacial score (nSPS) is 20.1. The zero-order valence-electron chi connectivity index (χ0n) is 20.7. The van der Waals surface area contributed by atoms with Crippen LogP contribution in [0.25, 0.3) is 0 Å². The van der Waals surface area contributed by atoms with Crippen molar-refractivity contribution < 1.29 is 24.3 Å². The Morgan fingerprint density at radius 3 is 2.32 bits per heavy atom. The van der Waals surface area contributed by atoms with Gasteiger partial charge in [-0.05, 0) is 73.0 Å². The van der Waals surface area contributed by atoms with Gasteiger partial charge in [-0.3, -0.25) is 20.3 Å². The number of nitrogens with one attached hydrogen (secondary N) is 1. The average molecular weight is 534 g/mol. The lowest BCUT2D eigenvalue weighted by molar-refractivity contribution is -0.144. The Morgan fingerprint density at radius 1 is 0.947 bits per heavy atom. The maximum atomic E-state index is 13.8. The Kier molecular flexibility index (Phi) is 6.37. The predicted molar refractivity (Wildman–Crippen MR) is 143 cm³/mol. The second-order valence-corrected chi connectivity index (χ2v) is 10.4. The maximum Gasteiger partial charge on any atom is 0.253 e. The molecule has 2 amide bonds. The summed E-state index contributed by atoms with van der Waals surface area (Å²) in [5.74, 6) is 1.22. The van der Waals surface area contributed by atoms with E-state index in [0.717, 1.165) is 17.7 Å². The Morgan fingerprint density at radius 2 is 1.63 bits per heavy atom. The molecule has 0 saturated carbocycles. The van der Waals surface area contributed by atoms with Crippen LogP contribution in [-0.2, 0) is 4.79 Å². The van der Waals surface area contributed by atoms with Crippen molar-refractivity contribution in [1.29, 1.82) is 0 Å². The van der Waals surface area contributed by atoms with Gasteiger partial charge >= 0.3 is 0 Å². The van der Waals surface area contributed by atoms with Gasteiger partial charge in [0.15, 0.2) is 11.5 Å². The third-order valence-electron chi connectivity index (χ3n) is 7.82. The zero-order valence-corrected chi connectivity index (χ0v) is 21.5. The molecular weight excluding hydrogens is 506 g/mol. The SMILES string of the molecule is O=C(c1ccc2c(c1)OCCCO2)N1CCC2(CC1)C(=O)N(c1ccc(NO)cc1)C2c1ccc(Cl)cc1. The van der Waals surface area contributed by atoms with Crippen molar-refractivity contribution in [3.63, 3.8) is 0 Å². The molecule has 3 aromatic rings. The number of hydrogen-bond acceptors (Lipinski definition) is 6. The molecule has 2 saturated heterocycles. The molecule has 0 aliphatic carbocycles. The Bertz CT molecular complexity index is 1350. The van der Waals surface area contributed by atoms with Gasteiger partial charge in [0, 0.05) is 35.8 Å². The first-order valence-corrected chi connectivity index (χ1v) is 13.2. The van der Waals surface area contributed by atoms with Crippen molar-refractivity contribution in [1.82, 2.24) is 4.90 Å². The fraction of sp³-hybridized carbons (Fsp3) is 0.310. The van der Waals surface area contributed by atoms with Gasteiger partial charge in [-0.15, -0.1) is 0 Å². The van der Waals surface area contributed by atoms with E-state index >= 15 is 0 Å². The summed E-state index contributed by atoms with van der Waals surface area (Å²) >= 11 is 6.16. The molecule has 2 N–H and O–H groups in total. The van der Waals surface area contributed by atoms with Crippen LogP contribution in [0.4, 0.5) is 11.4 Å². The molecule has 6 rings (SSSR count). The van der Waals surface area contributed by atoms with E-state index in [1.54, 1.807) is 30.3 Å². The van der Waals surface area contributed by atoms with E-state index < -0.39 is 5.41 Å². The molecule has 3 aliphatic rings. The van der Waals surface area contributed by atoms with Gasteiger partial charge in [0.05, 0.1) is 30.4 Å². The van der Waals surface area contributed by atoms with Crippen molar-refractivity contribution in [2.45, 2.75) is 25.3 Å². The van der Waals surface area contributed by atoms with Crippen molar-refractivity contribution in [3.05, 3.63) is 82.9 Å². The molecule has 3 aromatic carbocycles. The first kappa shape index (κ1) is 24.6. The number of rotatable bonds is 4. The van der Waals surface area contributed by atoms with E-state index in [4.69, 9.17) is 21.1 Å². The Hall–Kier alpha value is -3.75. The predicted octanol–water partition coefficient (Wildman–Crippen LogP) is 5.31. The average Bonchev–Trinajstić information content (AvgIpc) is 3.21. The van der Waals surface area contributed by atoms with E-state index in [-0.39, 0.29) is 17.9 Å². The van der Waals surface area contributed by atoms with Crippen LogP contribution < -0.4 is 19.9 Å². The highest BCUT2D eigenvalue weighted by Gasteiger charge is 2.62. The van der Waals surface area contributed by atoms with Gasteiger partial charge in [-0.1, -0.05) is 23.7 Å². The molecule has 1 unspecified atom stereocenters. The van der Waals surface area contributed by atoms with Crippen molar-refractivity contribution in [3.8, 4) is 11.5 Å². The van der Waals surface area contributed by atoms with E-state index in [2.05, 4.69) is 5.48 Å². The number of halogens is 1. The number of hydrogen-bond donors (Lipinski definition) is 2. The highest BCUT2D eigenvalue weighted by molar-refractivity contribution is 6.30. The van der Waals surface area contributed by atoms with Crippen molar-refractivity contribution in [2.75, 3.05) is 36.7 Å². The van der Waals surface area contributed by atoms with Crippen LogP contribution in [0.3, 0.4) is 0 Å². The summed E-state index contributed by atoms with van der Waals surface area (Å²) in [4.78, 5) is 30.8. The molecule has 38 heavy (non-hydrogen) atoms. The van der Waals surface area contributed by atoms with Crippen LogP contribution in [0.2, 0.25) is 5.02 Å². The van der Waals surface area contributed by atoms with Gasteiger partial charge in [-0.25, -0.2) is 0 Å². The number of ether oxygens (including phenoxy) is 2. The summed E-state index contributed by atoms with van der Waals surface area (Å²) in [6, 6.07) is 19.8. The van der Waals surface area contributed by atoms with Crippen LogP contribution in [0.5, 0.6) is 11.5 Å². The zero-order chi connectivity index (χ0) is 26.3. The van der Waals surface area contributed by atoms with Crippen LogP contribution in [-0.4, -0.2) is 48.2 Å². The fourth-order valence-corrected chi connectivity index (χ4v) is 5.93. The third kappa shape index (κ3) is 4.14. The van der Waals surface area contributed by atoms with E-state index in [0.29, 0.717) is 66.9 Å². The maximum absolute atomic E-state index is 13.8. The van der Waals surface area contributed by atoms with Crippen LogP contribution in [0, 0.1) is 5.41 Å². The minimum Gasteiger partial charge on any atom is -0.490 e. The smallest absolute Gasteiger partial charge is 0.253 e. The number of amides is 2. The second kappa shape index (κ2) is 9.85. The molecule has 9 heteroatoms. The van der Waals surface area contributed by atoms with Gasteiger partial charge in [0.1, 0.15) is 0 Å². The molecule has 1 atom stereocenters.